The Morgan fingerprint density at radius 2 is 1.69 bits per heavy atom. The van der Waals surface area contributed by atoms with Crippen LogP contribution in [-0.4, -0.2) is 37.7 Å². The van der Waals surface area contributed by atoms with Crippen molar-refractivity contribution in [3.63, 3.8) is 0 Å². The summed E-state index contributed by atoms with van der Waals surface area (Å²) >= 11 is 2.99. The molecule has 0 spiro atoms. The smallest absolute Gasteiger partial charge is 0.418 e. The Bertz CT molecular complexity index is 1460. The van der Waals surface area contributed by atoms with E-state index in [1.807, 2.05) is 24.3 Å². The summed E-state index contributed by atoms with van der Waals surface area (Å²) in [6.07, 6.45) is -3.40. The average Bonchev–Trinajstić information content (AvgIpc) is 2.95. The number of ether oxygens (including phenoxy) is 2. The van der Waals surface area contributed by atoms with Gasteiger partial charge in [0.05, 0.1) is 24.6 Å². The van der Waals surface area contributed by atoms with E-state index in [1.54, 1.807) is 0 Å². The maximum atomic E-state index is 13.3. The Balaban J connectivity index is 1.52. The van der Waals surface area contributed by atoms with Crippen LogP contribution < -0.4 is 25.5 Å². The Morgan fingerprint density at radius 3 is 2.33 bits per heavy atom. The van der Waals surface area contributed by atoms with Crippen LogP contribution in [0.15, 0.2) is 70.2 Å². The van der Waals surface area contributed by atoms with E-state index in [9.17, 15) is 27.6 Å². The minimum absolute atomic E-state index is 0.140. The van der Waals surface area contributed by atoms with Crippen LogP contribution in [-0.2, 0) is 27.1 Å². The van der Waals surface area contributed by atoms with E-state index in [2.05, 4.69) is 50.9 Å². The van der Waals surface area contributed by atoms with Gasteiger partial charge in [0.2, 0.25) is 0 Å². The molecule has 222 valence electrons. The summed E-state index contributed by atoms with van der Waals surface area (Å²) < 4.78 is 50.8. The molecule has 0 aliphatic carbocycles. The maximum Gasteiger partial charge on any atom is 0.418 e. The summed E-state index contributed by atoms with van der Waals surface area (Å²) in [5.41, 5.74) is 3.19. The van der Waals surface area contributed by atoms with Crippen molar-refractivity contribution < 1.29 is 37.0 Å². The van der Waals surface area contributed by atoms with Gasteiger partial charge in [-0.15, -0.1) is 0 Å². The number of alkyl halides is 3. The van der Waals surface area contributed by atoms with E-state index in [0.29, 0.717) is 11.5 Å². The Morgan fingerprint density at radius 1 is 0.976 bits per heavy atom. The molecule has 0 aliphatic heterocycles. The van der Waals surface area contributed by atoms with Crippen molar-refractivity contribution in [1.82, 2.24) is 10.7 Å². The highest BCUT2D eigenvalue weighted by atomic mass is 79.9. The molecule has 0 aromatic heterocycles. The van der Waals surface area contributed by atoms with E-state index in [-0.39, 0.29) is 22.5 Å². The van der Waals surface area contributed by atoms with Crippen molar-refractivity contribution in [2.75, 3.05) is 19.0 Å². The number of hydrogen-bond donors (Lipinski definition) is 3. The topological polar surface area (TPSA) is 118 Å². The number of anilines is 1. The van der Waals surface area contributed by atoms with Crippen molar-refractivity contribution in [2.24, 2.45) is 5.10 Å². The SMILES string of the molecule is COc1cc(/C=N\NC(=O)C(=O)NCc2ccc(C(C)C)cc2)ccc1OCC(=O)Nc1ccc(Br)cc1C(F)(F)F. The van der Waals surface area contributed by atoms with Gasteiger partial charge in [-0.1, -0.05) is 54.0 Å². The highest BCUT2D eigenvalue weighted by Gasteiger charge is 2.34. The van der Waals surface area contributed by atoms with E-state index in [4.69, 9.17) is 9.47 Å². The van der Waals surface area contributed by atoms with E-state index in [1.165, 1.54) is 43.2 Å². The fraction of sp³-hybridized carbons (Fsp3) is 0.241. The highest BCUT2D eigenvalue weighted by molar-refractivity contribution is 9.10. The quantitative estimate of drug-likeness (QED) is 0.155. The Kier molecular flexibility index (Phi) is 11.1. The van der Waals surface area contributed by atoms with Gasteiger partial charge in [-0.3, -0.25) is 14.4 Å². The molecule has 0 heterocycles. The van der Waals surface area contributed by atoms with Gasteiger partial charge >= 0.3 is 18.0 Å². The molecular formula is C29H28BrF3N4O5. The number of methoxy groups -OCH3 is 1. The van der Waals surface area contributed by atoms with E-state index in [0.717, 1.165) is 17.7 Å². The number of amides is 3. The first-order chi connectivity index (χ1) is 19.9. The van der Waals surface area contributed by atoms with Gasteiger partial charge in [0.1, 0.15) is 0 Å². The summed E-state index contributed by atoms with van der Waals surface area (Å²) in [6, 6.07) is 15.5. The molecule has 0 fully saturated rings. The van der Waals surface area contributed by atoms with Crippen LogP contribution in [0.4, 0.5) is 18.9 Å². The van der Waals surface area contributed by atoms with Crippen LogP contribution in [0.5, 0.6) is 11.5 Å². The summed E-state index contributed by atoms with van der Waals surface area (Å²) in [7, 11) is 1.35. The monoisotopic (exact) mass is 648 g/mol. The van der Waals surface area contributed by atoms with Crippen molar-refractivity contribution in [3.05, 3.63) is 87.4 Å². The number of nitrogens with one attached hydrogen (secondary N) is 3. The Labute approximate surface area is 248 Å². The number of hydrazone groups is 1. The molecule has 0 radical (unpaired) electrons. The maximum absolute atomic E-state index is 13.3. The summed E-state index contributed by atoms with van der Waals surface area (Å²) in [5.74, 6) is -1.91. The largest absolute Gasteiger partial charge is 0.493 e. The first-order valence-electron chi connectivity index (χ1n) is 12.5. The lowest BCUT2D eigenvalue weighted by Gasteiger charge is -2.15. The molecule has 3 rings (SSSR count). The molecule has 3 N–H and O–H groups in total. The number of benzene rings is 3. The van der Waals surface area contributed by atoms with Crippen molar-refractivity contribution in [2.45, 2.75) is 32.5 Å². The van der Waals surface area contributed by atoms with Gasteiger partial charge in [-0.05, 0) is 59.0 Å². The number of halogens is 4. The van der Waals surface area contributed by atoms with Crippen LogP contribution in [0.3, 0.4) is 0 Å². The standard InChI is InChI=1S/C29H28BrF3N4O5/c1-17(2)20-7-4-18(5-8-20)14-34-27(39)28(40)37-35-15-19-6-11-24(25(12-19)41-3)42-16-26(38)36-23-10-9-21(30)13-22(23)29(31,32)33/h4-13,15,17H,14,16H2,1-3H3,(H,34,39)(H,36,38)(H,37,40)/b35-15-. The predicted octanol–water partition coefficient (Wildman–Crippen LogP) is 5.38. The molecule has 9 nitrogen and oxygen atoms in total. The van der Waals surface area contributed by atoms with Gasteiger partial charge in [-0.2, -0.15) is 18.3 Å². The third-order valence-corrected chi connectivity index (χ3v) is 6.29. The normalized spacial score (nSPS) is 11.3. The van der Waals surface area contributed by atoms with Crippen LogP contribution in [0, 0.1) is 0 Å². The zero-order valence-corrected chi connectivity index (χ0v) is 24.4. The fourth-order valence-electron chi connectivity index (χ4n) is 3.57. The van der Waals surface area contributed by atoms with E-state index >= 15 is 0 Å². The van der Waals surface area contributed by atoms with Gasteiger partial charge in [0, 0.05) is 11.0 Å². The second kappa shape index (κ2) is 14.5. The highest BCUT2D eigenvalue weighted by Crippen LogP contribution is 2.36. The second-order valence-corrected chi connectivity index (χ2v) is 10.1. The molecule has 3 aromatic carbocycles. The summed E-state index contributed by atoms with van der Waals surface area (Å²) in [5, 5.41) is 8.48. The van der Waals surface area contributed by atoms with Gasteiger partial charge in [0.25, 0.3) is 5.91 Å². The average molecular weight is 649 g/mol. The molecule has 0 atom stereocenters. The molecule has 0 aliphatic rings. The molecule has 0 bridgehead atoms. The number of rotatable bonds is 10. The summed E-state index contributed by atoms with van der Waals surface area (Å²) in [4.78, 5) is 36.4. The minimum Gasteiger partial charge on any atom is -0.493 e. The van der Waals surface area contributed by atoms with Crippen molar-refractivity contribution in [3.8, 4) is 11.5 Å². The lowest BCUT2D eigenvalue weighted by molar-refractivity contribution is -0.139. The molecule has 0 unspecified atom stereocenters. The number of nitrogens with zero attached hydrogens (tertiary/aromatic N) is 1. The molecule has 0 saturated carbocycles. The van der Waals surface area contributed by atoms with Crippen LogP contribution in [0.25, 0.3) is 0 Å². The van der Waals surface area contributed by atoms with Crippen LogP contribution in [0.1, 0.15) is 42.0 Å². The van der Waals surface area contributed by atoms with Crippen molar-refractivity contribution in [1.29, 1.82) is 0 Å². The van der Waals surface area contributed by atoms with E-state index < -0.39 is 41.8 Å². The lowest BCUT2D eigenvalue weighted by Crippen LogP contribution is -2.37. The van der Waals surface area contributed by atoms with Gasteiger partial charge in [-0.25, -0.2) is 5.43 Å². The molecule has 42 heavy (non-hydrogen) atoms. The lowest BCUT2D eigenvalue weighted by atomic mass is 10.0. The molecular weight excluding hydrogens is 621 g/mol. The minimum atomic E-state index is -4.67. The third kappa shape index (κ3) is 9.33. The molecule has 3 aromatic rings. The van der Waals surface area contributed by atoms with Gasteiger partial charge in [0.15, 0.2) is 18.1 Å². The predicted molar refractivity (Wildman–Crippen MR) is 154 cm³/mol. The molecule has 3 amide bonds. The van der Waals surface area contributed by atoms with Gasteiger partial charge < -0.3 is 20.1 Å². The summed E-state index contributed by atoms with van der Waals surface area (Å²) in [6.45, 7) is 3.74. The Hall–Kier alpha value is -4.39. The number of carbonyl (C=O) groups is 3. The first kappa shape index (κ1) is 32.1. The fourth-order valence-corrected chi connectivity index (χ4v) is 3.93. The zero-order valence-electron chi connectivity index (χ0n) is 22.8. The van der Waals surface area contributed by atoms with Crippen molar-refractivity contribution >= 4 is 45.6 Å². The molecule has 13 heteroatoms. The first-order valence-corrected chi connectivity index (χ1v) is 13.3. The third-order valence-electron chi connectivity index (χ3n) is 5.79. The second-order valence-electron chi connectivity index (χ2n) is 9.21. The van der Waals surface area contributed by atoms with Crippen LogP contribution >= 0.6 is 15.9 Å². The van der Waals surface area contributed by atoms with Crippen LogP contribution in [0.2, 0.25) is 0 Å². The molecule has 0 saturated heterocycles. The number of hydrogen-bond acceptors (Lipinski definition) is 6. The zero-order chi connectivity index (χ0) is 30.9. The number of carbonyl (C=O) groups excluding carboxylic acids is 3.